The van der Waals surface area contributed by atoms with E-state index in [2.05, 4.69) is 12.1 Å². The number of amides is 1. The summed E-state index contributed by atoms with van der Waals surface area (Å²) in [6, 6.07) is 8.17. The number of hydrogen-bond donors (Lipinski definition) is 1. The fourth-order valence-electron chi connectivity index (χ4n) is 3.62. The van der Waals surface area contributed by atoms with Gasteiger partial charge in [0.2, 0.25) is 0 Å². The average molecular weight is 273 g/mol. The van der Waals surface area contributed by atoms with Gasteiger partial charge < -0.3 is 10.0 Å². The van der Waals surface area contributed by atoms with E-state index < -0.39 is 0 Å². The number of carbonyl (C=O) groups is 1. The van der Waals surface area contributed by atoms with Gasteiger partial charge in [0.1, 0.15) is 0 Å². The highest BCUT2D eigenvalue weighted by Gasteiger charge is 2.28. The molecule has 1 saturated heterocycles. The van der Waals surface area contributed by atoms with E-state index in [0.717, 1.165) is 24.9 Å². The molecule has 3 nitrogen and oxygen atoms in total. The molecule has 1 aliphatic carbocycles. The van der Waals surface area contributed by atoms with E-state index in [1.54, 1.807) is 0 Å². The van der Waals surface area contributed by atoms with Crippen LogP contribution in [0.4, 0.5) is 0 Å². The number of aliphatic hydroxyl groups excluding tert-OH is 1. The number of hydrogen-bond acceptors (Lipinski definition) is 2. The minimum absolute atomic E-state index is 0.0111. The van der Waals surface area contributed by atoms with Gasteiger partial charge in [0.15, 0.2) is 0 Å². The first-order valence-electron chi connectivity index (χ1n) is 7.81. The Morgan fingerprint density at radius 2 is 1.80 bits per heavy atom. The molecule has 0 aromatic heterocycles. The maximum absolute atomic E-state index is 12.5. The van der Waals surface area contributed by atoms with Gasteiger partial charge >= 0.3 is 0 Å². The standard InChI is InChI=1S/C17H23NO2/c19-12-16-6-3-11-18(16)17(20)15-9-7-14(8-10-15)13-4-1-2-5-13/h7-10,13,16,19H,1-6,11-12H2. The Balaban J connectivity index is 1.72. The van der Waals surface area contributed by atoms with Crippen molar-refractivity contribution in [3.8, 4) is 0 Å². The van der Waals surface area contributed by atoms with Crippen molar-refractivity contribution in [2.45, 2.75) is 50.5 Å². The minimum Gasteiger partial charge on any atom is -0.394 e. The SMILES string of the molecule is O=C(c1ccc(C2CCCC2)cc1)N1CCCC1CO. The summed E-state index contributed by atoms with van der Waals surface area (Å²) in [5.41, 5.74) is 2.13. The molecule has 1 amide bonds. The predicted octanol–water partition coefficient (Wildman–Crippen LogP) is 2.94. The van der Waals surface area contributed by atoms with Crippen molar-refractivity contribution in [1.82, 2.24) is 4.90 Å². The van der Waals surface area contributed by atoms with Crippen LogP contribution < -0.4 is 0 Å². The summed E-state index contributed by atoms with van der Waals surface area (Å²) < 4.78 is 0. The quantitative estimate of drug-likeness (QED) is 0.920. The van der Waals surface area contributed by atoms with E-state index in [1.165, 1.54) is 31.2 Å². The van der Waals surface area contributed by atoms with E-state index in [-0.39, 0.29) is 18.6 Å². The van der Waals surface area contributed by atoms with Gasteiger partial charge in [0.25, 0.3) is 5.91 Å². The molecule has 108 valence electrons. The summed E-state index contributed by atoms with van der Waals surface area (Å²) in [4.78, 5) is 14.3. The Kier molecular flexibility index (Phi) is 4.06. The minimum atomic E-state index is 0.0111. The van der Waals surface area contributed by atoms with Gasteiger partial charge in [0, 0.05) is 12.1 Å². The Bertz CT molecular complexity index is 462. The fraction of sp³-hybridized carbons (Fsp3) is 0.588. The first-order valence-corrected chi connectivity index (χ1v) is 7.81. The van der Waals surface area contributed by atoms with Crippen molar-refractivity contribution in [3.63, 3.8) is 0 Å². The number of aliphatic hydroxyl groups is 1. The van der Waals surface area contributed by atoms with Gasteiger partial charge in [-0.1, -0.05) is 25.0 Å². The van der Waals surface area contributed by atoms with Gasteiger partial charge in [-0.25, -0.2) is 0 Å². The zero-order valence-electron chi connectivity index (χ0n) is 11.9. The zero-order chi connectivity index (χ0) is 13.9. The molecule has 3 heteroatoms. The van der Waals surface area contributed by atoms with Crippen molar-refractivity contribution in [1.29, 1.82) is 0 Å². The van der Waals surface area contributed by atoms with Crippen molar-refractivity contribution in [2.75, 3.05) is 13.2 Å². The number of nitrogens with zero attached hydrogens (tertiary/aromatic N) is 1. The van der Waals surface area contributed by atoms with Gasteiger partial charge in [-0.2, -0.15) is 0 Å². The van der Waals surface area contributed by atoms with Gasteiger partial charge in [-0.15, -0.1) is 0 Å². The van der Waals surface area contributed by atoms with Crippen molar-refractivity contribution in [3.05, 3.63) is 35.4 Å². The third kappa shape index (κ3) is 2.59. The van der Waals surface area contributed by atoms with Gasteiger partial charge in [-0.3, -0.25) is 4.79 Å². The van der Waals surface area contributed by atoms with Crippen LogP contribution in [0.5, 0.6) is 0 Å². The van der Waals surface area contributed by atoms with E-state index >= 15 is 0 Å². The molecule has 1 saturated carbocycles. The molecule has 1 N–H and O–H groups in total. The molecule has 2 aliphatic rings. The smallest absolute Gasteiger partial charge is 0.254 e. The van der Waals surface area contributed by atoms with Crippen molar-refractivity contribution in [2.24, 2.45) is 0 Å². The second kappa shape index (κ2) is 5.96. The van der Waals surface area contributed by atoms with E-state index in [9.17, 15) is 9.90 Å². The second-order valence-corrected chi connectivity index (χ2v) is 6.08. The molecule has 0 bridgehead atoms. The molecule has 20 heavy (non-hydrogen) atoms. The monoisotopic (exact) mass is 273 g/mol. The normalized spacial score (nSPS) is 23.4. The Morgan fingerprint density at radius 3 is 2.45 bits per heavy atom. The second-order valence-electron chi connectivity index (χ2n) is 6.08. The van der Waals surface area contributed by atoms with Crippen LogP contribution in [0.2, 0.25) is 0 Å². The molecule has 1 heterocycles. The largest absolute Gasteiger partial charge is 0.394 e. The lowest BCUT2D eigenvalue weighted by Gasteiger charge is -2.23. The van der Waals surface area contributed by atoms with Gasteiger partial charge in [-0.05, 0) is 49.3 Å². The first kappa shape index (κ1) is 13.6. The molecule has 0 radical (unpaired) electrons. The molecule has 0 spiro atoms. The highest BCUT2D eigenvalue weighted by Crippen LogP contribution is 2.34. The summed E-state index contributed by atoms with van der Waals surface area (Å²) in [5, 5.41) is 9.33. The molecule has 1 aromatic carbocycles. The van der Waals surface area contributed by atoms with Crippen LogP contribution in [0.3, 0.4) is 0 Å². The molecule has 3 rings (SSSR count). The molecular weight excluding hydrogens is 250 g/mol. The maximum Gasteiger partial charge on any atom is 0.254 e. The van der Waals surface area contributed by atoms with Crippen LogP contribution in [0.25, 0.3) is 0 Å². The Morgan fingerprint density at radius 1 is 1.10 bits per heavy atom. The van der Waals surface area contributed by atoms with Crippen LogP contribution in [0, 0.1) is 0 Å². The van der Waals surface area contributed by atoms with Crippen LogP contribution in [-0.4, -0.2) is 35.1 Å². The Labute approximate surface area is 120 Å². The maximum atomic E-state index is 12.5. The molecule has 1 aromatic rings. The lowest BCUT2D eigenvalue weighted by molar-refractivity contribution is 0.0677. The summed E-state index contributed by atoms with van der Waals surface area (Å²) in [5.74, 6) is 0.760. The molecular formula is C17H23NO2. The lowest BCUT2D eigenvalue weighted by Crippen LogP contribution is -2.37. The molecule has 1 aliphatic heterocycles. The zero-order valence-corrected chi connectivity index (χ0v) is 11.9. The third-order valence-corrected chi connectivity index (χ3v) is 4.83. The van der Waals surface area contributed by atoms with Crippen LogP contribution in [-0.2, 0) is 0 Å². The number of benzene rings is 1. The van der Waals surface area contributed by atoms with Crippen LogP contribution in [0.15, 0.2) is 24.3 Å². The summed E-state index contributed by atoms with van der Waals surface area (Å²) in [6.45, 7) is 0.848. The Hall–Kier alpha value is -1.35. The van der Waals surface area contributed by atoms with E-state index in [0.29, 0.717) is 5.92 Å². The predicted molar refractivity (Wildman–Crippen MR) is 78.8 cm³/mol. The molecule has 1 atom stereocenters. The average Bonchev–Trinajstić information content (AvgIpc) is 3.17. The fourth-order valence-corrected chi connectivity index (χ4v) is 3.62. The van der Waals surface area contributed by atoms with E-state index in [4.69, 9.17) is 0 Å². The van der Waals surface area contributed by atoms with Crippen LogP contribution >= 0.6 is 0 Å². The molecule has 2 fully saturated rings. The van der Waals surface area contributed by atoms with Crippen molar-refractivity contribution >= 4 is 5.91 Å². The number of carbonyl (C=O) groups excluding carboxylic acids is 1. The van der Waals surface area contributed by atoms with Crippen molar-refractivity contribution < 1.29 is 9.90 Å². The highest BCUT2D eigenvalue weighted by molar-refractivity contribution is 5.94. The van der Waals surface area contributed by atoms with Gasteiger partial charge in [0.05, 0.1) is 12.6 Å². The lowest BCUT2D eigenvalue weighted by atomic mass is 9.96. The van der Waals surface area contributed by atoms with E-state index in [1.807, 2.05) is 17.0 Å². The third-order valence-electron chi connectivity index (χ3n) is 4.83. The number of likely N-dealkylation sites (tertiary alicyclic amines) is 1. The summed E-state index contributed by atoms with van der Waals surface area (Å²) in [6.07, 6.45) is 7.14. The highest BCUT2D eigenvalue weighted by atomic mass is 16.3. The topological polar surface area (TPSA) is 40.5 Å². The van der Waals surface area contributed by atoms with Crippen LogP contribution in [0.1, 0.15) is 60.4 Å². The summed E-state index contributed by atoms with van der Waals surface area (Å²) in [7, 11) is 0. The summed E-state index contributed by atoms with van der Waals surface area (Å²) >= 11 is 0. The number of rotatable bonds is 3. The molecule has 1 unspecified atom stereocenters. The first-order chi connectivity index (χ1) is 9.79.